The quantitative estimate of drug-likeness (QED) is 0.824. The Balaban J connectivity index is 1.75. The molecule has 1 aromatic heterocycles. The van der Waals surface area contributed by atoms with Crippen LogP contribution in [-0.4, -0.2) is 59.1 Å². The number of likely N-dealkylation sites (N-methyl/N-ethyl adjacent to an activating group) is 1. The van der Waals surface area contributed by atoms with Crippen LogP contribution in [0, 0.1) is 11.7 Å². The molecule has 0 aliphatic carbocycles. The summed E-state index contributed by atoms with van der Waals surface area (Å²) in [5.74, 6) is -0.950. The summed E-state index contributed by atoms with van der Waals surface area (Å²) in [7, 11) is 5.67. The number of piperidine rings is 1. The van der Waals surface area contributed by atoms with Gasteiger partial charge in [-0.3, -0.25) is 14.3 Å². The van der Waals surface area contributed by atoms with Gasteiger partial charge in [0.05, 0.1) is 30.4 Å². The molecule has 1 aromatic carbocycles. The molecule has 3 rings (SSSR count). The van der Waals surface area contributed by atoms with Crippen molar-refractivity contribution in [2.24, 2.45) is 5.92 Å². The van der Waals surface area contributed by atoms with E-state index < -0.39 is 12.0 Å². The van der Waals surface area contributed by atoms with E-state index in [0.717, 1.165) is 18.7 Å². The molecule has 2 atom stereocenters. The van der Waals surface area contributed by atoms with Gasteiger partial charge >= 0.3 is 0 Å². The van der Waals surface area contributed by atoms with E-state index in [0.29, 0.717) is 18.5 Å². The van der Waals surface area contributed by atoms with Gasteiger partial charge in [0.15, 0.2) is 0 Å². The Labute approximate surface area is 164 Å². The molecule has 2 heterocycles. The van der Waals surface area contributed by atoms with Crippen molar-refractivity contribution in [3.8, 4) is 0 Å². The number of hydrogen-bond acceptors (Lipinski definition) is 4. The van der Waals surface area contributed by atoms with Gasteiger partial charge in [-0.05, 0) is 38.2 Å². The molecule has 8 heteroatoms. The molecule has 0 radical (unpaired) electrons. The Morgan fingerprint density at radius 1 is 1.32 bits per heavy atom. The molecule has 1 aliphatic heterocycles. The van der Waals surface area contributed by atoms with Crippen molar-refractivity contribution in [3.63, 3.8) is 0 Å². The number of likely N-dealkylation sites (tertiary alicyclic amines) is 1. The van der Waals surface area contributed by atoms with Gasteiger partial charge in [-0.2, -0.15) is 5.10 Å². The number of nitrogens with one attached hydrogen (secondary N) is 1. The molecule has 0 bridgehead atoms. The number of carbonyl (C=O) groups is 2. The Morgan fingerprint density at radius 3 is 2.71 bits per heavy atom. The number of nitrogens with zero attached hydrogens (tertiary/aromatic N) is 4. The van der Waals surface area contributed by atoms with E-state index in [1.807, 2.05) is 14.1 Å². The minimum atomic E-state index is -0.425. The first-order chi connectivity index (χ1) is 13.3. The van der Waals surface area contributed by atoms with Crippen molar-refractivity contribution >= 4 is 17.5 Å². The highest BCUT2D eigenvalue weighted by Gasteiger charge is 2.38. The number of halogens is 1. The van der Waals surface area contributed by atoms with E-state index in [2.05, 4.69) is 15.3 Å². The monoisotopic (exact) mass is 387 g/mol. The molecule has 1 aliphatic rings. The Bertz CT molecular complexity index is 833. The van der Waals surface area contributed by atoms with Crippen molar-refractivity contribution < 1.29 is 14.0 Å². The summed E-state index contributed by atoms with van der Waals surface area (Å²) in [5, 5.41) is 7.19. The van der Waals surface area contributed by atoms with E-state index in [1.165, 1.54) is 12.1 Å². The van der Waals surface area contributed by atoms with Crippen molar-refractivity contribution in [2.75, 3.05) is 33.0 Å². The van der Waals surface area contributed by atoms with Crippen LogP contribution in [0.5, 0.6) is 0 Å². The first kappa shape index (κ1) is 20.0. The molecule has 28 heavy (non-hydrogen) atoms. The topological polar surface area (TPSA) is 70.5 Å². The highest BCUT2D eigenvalue weighted by atomic mass is 19.1. The number of carbonyl (C=O) groups excluding carboxylic acids is 2. The second-order valence-corrected chi connectivity index (χ2v) is 7.43. The zero-order valence-electron chi connectivity index (χ0n) is 16.4. The molecule has 0 saturated carbocycles. The third kappa shape index (κ3) is 4.56. The fourth-order valence-corrected chi connectivity index (χ4v) is 3.52. The first-order valence-electron chi connectivity index (χ1n) is 9.34. The van der Waals surface area contributed by atoms with Gasteiger partial charge in [0.1, 0.15) is 5.82 Å². The maximum absolute atomic E-state index is 13.3. The van der Waals surface area contributed by atoms with Crippen molar-refractivity contribution in [3.05, 3.63) is 48.0 Å². The van der Waals surface area contributed by atoms with Gasteiger partial charge in [-0.25, -0.2) is 4.39 Å². The van der Waals surface area contributed by atoms with E-state index in [-0.39, 0.29) is 17.6 Å². The molecule has 1 N–H and O–H groups in total. The highest BCUT2D eigenvalue weighted by Crippen LogP contribution is 2.36. The number of amides is 2. The predicted molar refractivity (Wildman–Crippen MR) is 104 cm³/mol. The lowest BCUT2D eigenvalue weighted by molar-refractivity contribution is -0.140. The summed E-state index contributed by atoms with van der Waals surface area (Å²) >= 11 is 0. The average molecular weight is 387 g/mol. The van der Waals surface area contributed by atoms with Crippen LogP contribution in [0.25, 0.3) is 0 Å². The maximum atomic E-state index is 13.3. The summed E-state index contributed by atoms with van der Waals surface area (Å²) in [6.07, 6.45) is 4.18. The number of rotatable bonds is 6. The minimum Gasteiger partial charge on any atom is -0.338 e. The Morgan fingerprint density at radius 2 is 2.04 bits per heavy atom. The standard InChI is InChI=1S/C20H26FN5O2/c1-24(2)10-11-26-13-16(12-22-26)23-20(28)17-8-9-18(27)25(3)19(17)14-4-6-15(21)7-5-14/h4-7,12-13,17,19H,8-11H2,1-3H3,(H,23,28). The third-order valence-corrected chi connectivity index (χ3v) is 5.09. The van der Waals surface area contributed by atoms with Crippen LogP contribution in [0.4, 0.5) is 10.1 Å². The van der Waals surface area contributed by atoms with Gasteiger partial charge in [-0.15, -0.1) is 0 Å². The van der Waals surface area contributed by atoms with Crippen LogP contribution in [-0.2, 0) is 16.1 Å². The van der Waals surface area contributed by atoms with Crippen LogP contribution < -0.4 is 5.32 Å². The predicted octanol–water partition coefficient (Wildman–Crippen LogP) is 2.13. The second kappa shape index (κ2) is 8.52. The normalized spacial score (nSPS) is 19.9. The number of benzene rings is 1. The largest absolute Gasteiger partial charge is 0.338 e. The van der Waals surface area contributed by atoms with Crippen LogP contribution in [0.3, 0.4) is 0 Å². The lowest BCUT2D eigenvalue weighted by Crippen LogP contribution is -2.44. The third-order valence-electron chi connectivity index (χ3n) is 5.09. The minimum absolute atomic E-state index is 0.0186. The Hall–Kier alpha value is -2.74. The fraction of sp³-hybridized carbons (Fsp3) is 0.450. The van der Waals surface area contributed by atoms with Gasteiger partial charge in [0.25, 0.3) is 0 Å². The van der Waals surface area contributed by atoms with Crippen LogP contribution in [0.2, 0.25) is 0 Å². The maximum Gasteiger partial charge on any atom is 0.230 e. The molecule has 2 amide bonds. The van der Waals surface area contributed by atoms with Crippen LogP contribution in [0.15, 0.2) is 36.7 Å². The first-order valence-corrected chi connectivity index (χ1v) is 9.34. The van der Waals surface area contributed by atoms with Gasteiger partial charge < -0.3 is 15.1 Å². The van der Waals surface area contributed by atoms with Crippen LogP contribution >= 0.6 is 0 Å². The summed E-state index contributed by atoms with van der Waals surface area (Å²) in [5.41, 5.74) is 1.37. The van der Waals surface area contributed by atoms with Gasteiger partial charge in [0.2, 0.25) is 11.8 Å². The molecule has 1 fully saturated rings. The lowest BCUT2D eigenvalue weighted by atomic mass is 9.84. The lowest BCUT2D eigenvalue weighted by Gasteiger charge is -2.38. The van der Waals surface area contributed by atoms with E-state index in [1.54, 1.807) is 41.2 Å². The average Bonchev–Trinajstić information content (AvgIpc) is 3.10. The molecular weight excluding hydrogens is 361 g/mol. The summed E-state index contributed by atoms with van der Waals surface area (Å²) < 4.78 is 15.1. The highest BCUT2D eigenvalue weighted by molar-refractivity contribution is 5.94. The molecule has 2 unspecified atom stereocenters. The van der Waals surface area contributed by atoms with Crippen molar-refractivity contribution in [1.29, 1.82) is 0 Å². The molecule has 150 valence electrons. The summed E-state index contributed by atoms with van der Waals surface area (Å²) in [4.78, 5) is 28.8. The molecular formula is C20H26FN5O2. The molecule has 1 saturated heterocycles. The van der Waals surface area contributed by atoms with Crippen molar-refractivity contribution in [1.82, 2.24) is 19.6 Å². The number of hydrogen-bond donors (Lipinski definition) is 1. The second-order valence-electron chi connectivity index (χ2n) is 7.43. The van der Waals surface area contributed by atoms with E-state index >= 15 is 0 Å². The molecule has 0 spiro atoms. The van der Waals surface area contributed by atoms with Gasteiger partial charge in [-0.1, -0.05) is 12.1 Å². The van der Waals surface area contributed by atoms with Crippen molar-refractivity contribution in [2.45, 2.75) is 25.4 Å². The summed E-state index contributed by atoms with van der Waals surface area (Å²) in [6, 6.07) is 5.55. The smallest absolute Gasteiger partial charge is 0.230 e. The summed E-state index contributed by atoms with van der Waals surface area (Å²) in [6.45, 7) is 1.57. The molecule has 2 aromatic rings. The fourth-order valence-electron chi connectivity index (χ4n) is 3.52. The number of anilines is 1. The van der Waals surface area contributed by atoms with E-state index in [9.17, 15) is 14.0 Å². The molecule has 7 nitrogen and oxygen atoms in total. The Kier molecular flexibility index (Phi) is 6.08. The van der Waals surface area contributed by atoms with E-state index in [4.69, 9.17) is 0 Å². The van der Waals surface area contributed by atoms with Crippen LogP contribution in [0.1, 0.15) is 24.4 Å². The zero-order valence-corrected chi connectivity index (χ0v) is 16.4. The number of aromatic nitrogens is 2. The zero-order chi connectivity index (χ0) is 20.3. The SMILES string of the molecule is CN(C)CCn1cc(NC(=O)C2CCC(=O)N(C)C2c2ccc(F)cc2)cn1. The van der Waals surface area contributed by atoms with Gasteiger partial charge in [0, 0.05) is 26.2 Å².